The molecular weight excluding hydrogens is 961 g/mol. The highest BCUT2D eigenvalue weighted by Gasteiger charge is 2.34. The van der Waals surface area contributed by atoms with Gasteiger partial charge in [0.15, 0.2) is 0 Å². The highest BCUT2D eigenvalue weighted by molar-refractivity contribution is 7.90. The minimum Gasteiger partial charge on any atom is -0.455 e. The zero-order chi connectivity index (χ0) is 50.8. The molecule has 2 aliphatic heterocycles. The number of rotatable bonds is 15. The molecule has 3 N–H and O–H groups in total. The molecule has 3 aliphatic rings. The molecule has 0 spiro atoms. The van der Waals surface area contributed by atoms with Gasteiger partial charge in [-0.25, -0.2) is 18.1 Å². The number of alkyl halides is 3. The first-order valence-electron chi connectivity index (χ1n) is 23.8. The van der Waals surface area contributed by atoms with E-state index in [-0.39, 0.29) is 45.0 Å². The van der Waals surface area contributed by atoms with Gasteiger partial charge in [-0.15, -0.1) is 0 Å². The number of hydrogen-bond acceptors (Lipinski definition) is 11. The topological polar surface area (TPSA) is 183 Å². The van der Waals surface area contributed by atoms with Crippen molar-refractivity contribution in [1.82, 2.24) is 24.5 Å². The number of carbonyl (C=O) groups is 2. The molecule has 4 heterocycles. The van der Waals surface area contributed by atoms with E-state index in [1.807, 2.05) is 18.7 Å². The normalized spacial score (nSPS) is 17.2. The number of piperazine rings is 1. The van der Waals surface area contributed by atoms with Gasteiger partial charge in [0.2, 0.25) is 5.91 Å². The van der Waals surface area contributed by atoms with Crippen molar-refractivity contribution in [3.63, 3.8) is 0 Å². The molecule has 1 aliphatic carbocycles. The SMILES string of the molecule is CC(C)C(=O)N1CCC(CCNc2ccc(S(=O)(=O)NC(=O)c3ccc(N4CCN(CC5=C(c6ccc(C(F)(F)F)cc6Cl)CC(C)(C)CC5)CC4)cc3Oc3cnc4[nH]ccc4c3)cc2[N+](=O)[O-])CC1. The summed E-state index contributed by atoms with van der Waals surface area (Å²) in [5.41, 5.74) is 2.78. The summed E-state index contributed by atoms with van der Waals surface area (Å²) < 4.78 is 76.5. The van der Waals surface area contributed by atoms with Gasteiger partial charge in [0.25, 0.3) is 21.6 Å². The van der Waals surface area contributed by atoms with Crippen LogP contribution in [0, 0.1) is 27.4 Å². The second-order valence-corrected chi connectivity index (χ2v) is 21.8. The number of nitro groups is 1. The van der Waals surface area contributed by atoms with Crippen LogP contribution in [0.25, 0.3) is 16.6 Å². The zero-order valence-electron chi connectivity index (χ0n) is 40.1. The smallest absolute Gasteiger partial charge is 0.416 e. The molecular formula is C51H58ClF3N8O7S. The number of piperidine rings is 1. The molecule has 20 heteroatoms. The molecule has 2 saturated heterocycles. The minimum atomic E-state index is -4.64. The van der Waals surface area contributed by atoms with Gasteiger partial charge in [-0.3, -0.25) is 24.6 Å². The lowest BCUT2D eigenvalue weighted by Gasteiger charge is -2.39. The molecule has 71 heavy (non-hydrogen) atoms. The molecule has 0 saturated carbocycles. The number of nitrogens with one attached hydrogen (secondary N) is 3. The van der Waals surface area contributed by atoms with Crippen LogP contribution in [0.4, 0.5) is 30.2 Å². The van der Waals surface area contributed by atoms with Gasteiger partial charge in [0.05, 0.1) is 27.1 Å². The van der Waals surface area contributed by atoms with Crippen molar-refractivity contribution in [2.45, 2.75) is 77.3 Å². The van der Waals surface area contributed by atoms with Crippen molar-refractivity contribution in [3.8, 4) is 11.5 Å². The zero-order valence-corrected chi connectivity index (χ0v) is 41.6. The maximum absolute atomic E-state index is 14.0. The summed E-state index contributed by atoms with van der Waals surface area (Å²) in [4.78, 5) is 51.2. The number of H-pyrrole nitrogens is 1. The molecule has 0 atom stereocenters. The number of sulfonamides is 1. The van der Waals surface area contributed by atoms with Crippen LogP contribution < -0.4 is 19.7 Å². The number of nitro benzene ring substituents is 1. The molecule has 0 radical (unpaired) electrons. The summed E-state index contributed by atoms with van der Waals surface area (Å²) in [5, 5.41) is 16.1. The Morgan fingerprint density at radius 2 is 1.75 bits per heavy atom. The van der Waals surface area contributed by atoms with Gasteiger partial charge in [-0.1, -0.05) is 50.9 Å². The maximum atomic E-state index is 14.0. The van der Waals surface area contributed by atoms with Crippen molar-refractivity contribution in [1.29, 1.82) is 0 Å². The van der Waals surface area contributed by atoms with Gasteiger partial charge in [-0.05, 0) is 110 Å². The summed E-state index contributed by atoms with van der Waals surface area (Å²) in [5.74, 6) is -0.315. The number of hydrogen-bond donors (Lipinski definition) is 3. The Balaban J connectivity index is 0.966. The molecule has 2 amide bonds. The maximum Gasteiger partial charge on any atom is 0.416 e. The van der Waals surface area contributed by atoms with Gasteiger partial charge >= 0.3 is 6.18 Å². The van der Waals surface area contributed by atoms with Crippen molar-refractivity contribution >= 4 is 67.1 Å². The number of carbonyl (C=O) groups excluding carboxylic acids is 2. The van der Waals surface area contributed by atoms with E-state index in [0.29, 0.717) is 88.0 Å². The predicted molar refractivity (Wildman–Crippen MR) is 267 cm³/mol. The molecule has 15 nitrogen and oxygen atoms in total. The standard InChI is InChI=1S/C51H58ClF3N8O7S/c1-32(2)49(65)62-19-14-33(15-20-62)12-17-56-44-10-7-39(28-45(44)63(66)67)71(68,69)59-48(64)41-9-6-37(27-46(41)70-38-25-34-13-18-57-47(34)58-30-38)61-23-21-60(22-24-61)31-35-11-16-50(3,4)29-42(35)40-8-5-36(26-43(40)52)51(53,54)55/h5-10,13,18,25-28,30,32-33,56H,11-12,14-17,19-24,29,31H2,1-4H3,(H,57,58)(H,59,64). The van der Waals surface area contributed by atoms with Crippen LogP contribution in [0.15, 0.2) is 89.6 Å². The number of halogens is 4. The molecule has 8 rings (SSSR count). The summed E-state index contributed by atoms with van der Waals surface area (Å²) >= 11 is 6.54. The van der Waals surface area contributed by atoms with Gasteiger partial charge < -0.3 is 24.8 Å². The number of anilines is 2. The first-order valence-corrected chi connectivity index (χ1v) is 25.7. The average molecular weight is 1020 g/mol. The van der Waals surface area contributed by atoms with Crippen molar-refractivity contribution in [2.24, 2.45) is 17.3 Å². The minimum absolute atomic E-state index is 0.0464. The lowest BCUT2D eigenvalue weighted by Crippen LogP contribution is -2.47. The summed E-state index contributed by atoms with van der Waals surface area (Å²) in [6, 6.07) is 15.4. The number of benzene rings is 3. The van der Waals surface area contributed by atoms with E-state index in [4.69, 9.17) is 16.3 Å². The Morgan fingerprint density at radius 3 is 2.44 bits per heavy atom. The molecule has 2 aromatic heterocycles. The fourth-order valence-corrected chi connectivity index (χ4v) is 11.0. The fraction of sp³-hybridized carbons (Fsp3) is 0.431. The molecule has 0 unspecified atom stereocenters. The van der Waals surface area contributed by atoms with E-state index in [1.165, 1.54) is 30.5 Å². The van der Waals surface area contributed by atoms with Crippen molar-refractivity contribution in [2.75, 3.05) is 62.6 Å². The number of aromatic nitrogens is 2. The Bertz CT molecular complexity index is 2960. The fourth-order valence-electron chi connectivity index (χ4n) is 9.68. The molecule has 0 bridgehead atoms. The second-order valence-electron chi connectivity index (χ2n) is 19.8. The Morgan fingerprint density at radius 1 is 1.00 bits per heavy atom. The van der Waals surface area contributed by atoms with E-state index in [2.05, 4.69) is 43.7 Å². The Kier molecular flexibility index (Phi) is 15.1. The number of fused-ring (bicyclic) bond motifs is 1. The van der Waals surface area contributed by atoms with Crippen LogP contribution >= 0.6 is 11.6 Å². The average Bonchev–Trinajstić information content (AvgIpc) is 3.80. The second kappa shape index (κ2) is 20.9. The third-order valence-electron chi connectivity index (χ3n) is 13.8. The van der Waals surface area contributed by atoms with Gasteiger partial charge in [0.1, 0.15) is 22.8 Å². The van der Waals surface area contributed by atoms with Crippen LogP contribution in [-0.2, 0) is 21.0 Å². The predicted octanol–water partition coefficient (Wildman–Crippen LogP) is 10.5. The highest BCUT2D eigenvalue weighted by atomic mass is 35.5. The van der Waals surface area contributed by atoms with Crippen LogP contribution in [0.5, 0.6) is 11.5 Å². The number of ether oxygens (including phenoxy) is 1. The van der Waals surface area contributed by atoms with E-state index >= 15 is 0 Å². The Labute approximate surface area is 416 Å². The van der Waals surface area contributed by atoms with E-state index in [1.54, 1.807) is 30.5 Å². The largest absolute Gasteiger partial charge is 0.455 e. The Hall–Kier alpha value is -6.18. The lowest BCUT2D eigenvalue weighted by molar-refractivity contribution is -0.384. The number of amides is 2. The number of likely N-dealkylation sites (tertiary alicyclic amines) is 1. The summed E-state index contributed by atoms with van der Waals surface area (Å²) in [6.07, 6.45) is 3.43. The molecule has 3 aromatic carbocycles. The third kappa shape index (κ3) is 12.1. The van der Waals surface area contributed by atoms with Crippen molar-refractivity contribution < 1.29 is 40.8 Å². The van der Waals surface area contributed by atoms with Gasteiger partial charge in [0, 0.05) is 92.7 Å². The van der Waals surface area contributed by atoms with E-state index in [0.717, 1.165) is 60.4 Å². The van der Waals surface area contributed by atoms with E-state index in [9.17, 15) is 41.3 Å². The number of pyridine rings is 1. The number of allylic oxidation sites excluding steroid dienone is 1. The number of aromatic amines is 1. The summed E-state index contributed by atoms with van der Waals surface area (Å²) in [7, 11) is -4.64. The molecule has 2 fully saturated rings. The van der Waals surface area contributed by atoms with Gasteiger partial charge in [-0.2, -0.15) is 13.2 Å². The van der Waals surface area contributed by atoms with Crippen LogP contribution in [0.1, 0.15) is 87.7 Å². The molecule has 5 aromatic rings. The lowest BCUT2D eigenvalue weighted by atomic mass is 9.72. The first-order chi connectivity index (χ1) is 33.6. The summed E-state index contributed by atoms with van der Waals surface area (Å²) in [6.45, 7) is 12.9. The molecule has 378 valence electrons. The van der Waals surface area contributed by atoms with E-state index < -0.39 is 43.2 Å². The van der Waals surface area contributed by atoms with Crippen LogP contribution in [0.3, 0.4) is 0 Å². The van der Waals surface area contributed by atoms with Crippen LogP contribution in [-0.4, -0.2) is 97.3 Å². The first kappa shape index (κ1) is 51.2. The quantitative estimate of drug-likeness (QED) is 0.0670. The monoisotopic (exact) mass is 1020 g/mol. The highest BCUT2D eigenvalue weighted by Crippen LogP contribution is 2.46. The van der Waals surface area contributed by atoms with Crippen LogP contribution in [0.2, 0.25) is 5.02 Å². The van der Waals surface area contributed by atoms with Crippen molar-refractivity contribution in [3.05, 3.63) is 117 Å². The number of nitrogens with zero attached hydrogens (tertiary/aromatic N) is 5. The third-order valence-corrected chi connectivity index (χ3v) is 15.4.